The maximum atomic E-state index is 11.6. The number of carbonyl (C=O) groups is 1. The van der Waals surface area contributed by atoms with Gasteiger partial charge in [-0.3, -0.25) is 4.79 Å². The van der Waals surface area contributed by atoms with Crippen molar-refractivity contribution in [2.45, 2.75) is 91.0 Å². The summed E-state index contributed by atoms with van der Waals surface area (Å²) in [6.45, 7) is 9.46. The summed E-state index contributed by atoms with van der Waals surface area (Å²) in [7, 11) is 0. The molecule has 0 aliphatic heterocycles. The fourth-order valence-electron chi connectivity index (χ4n) is 1.98. The number of ketones is 1. The van der Waals surface area contributed by atoms with Crippen molar-refractivity contribution < 1.29 is 4.79 Å². The van der Waals surface area contributed by atoms with E-state index in [9.17, 15) is 4.79 Å². The minimum absolute atomic E-state index is 0.125. The van der Waals surface area contributed by atoms with E-state index in [0.717, 1.165) is 19.4 Å². The fraction of sp³-hybridized carbons (Fsp3) is 0.938. The summed E-state index contributed by atoms with van der Waals surface area (Å²) in [5.74, 6) is 0.417. The van der Waals surface area contributed by atoms with E-state index in [2.05, 4.69) is 33.0 Å². The van der Waals surface area contributed by atoms with Crippen LogP contribution in [0.5, 0.6) is 0 Å². The van der Waals surface area contributed by atoms with Gasteiger partial charge in [-0.25, -0.2) is 0 Å². The first-order chi connectivity index (χ1) is 8.45. The van der Waals surface area contributed by atoms with Crippen LogP contribution in [0.1, 0.15) is 85.5 Å². The monoisotopic (exact) mass is 255 g/mol. The fourth-order valence-corrected chi connectivity index (χ4v) is 1.98. The van der Waals surface area contributed by atoms with Crippen LogP contribution in [0.4, 0.5) is 0 Å². The Labute approximate surface area is 114 Å². The van der Waals surface area contributed by atoms with E-state index < -0.39 is 0 Å². The molecule has 0 aromatic rings. The van der Waals surface area contributed by atoms with Gasteiger partial charge in [0, 0.05) is 24.9 Å². The third kappa shape index (κ3) is 13.7. The van der Waals surface area contributed by atoms with Crippen LogP contribution in [0.15, 0.2) is 0 Å². The molecule has 2 nitrogen and oxygen atoms in total. The van der Waals surface area contributed by atoms with Crippen LogP contribution in [0, 0.1) is 0 Å². The van der Waals surface area contributed by atoms with E-state index >= 15 is 0 Å². The summed E-state index contributed by atoms with van der Waals surface area (Å²) in [6, 6.07) is 0. The second-order valence-corrected chi connectivity index (χ2v) is 6.34. The molecule has 108 valence electrons. The Morgan fingerprint density at radius 1 is 0.889 bits per heavy atom. The lowest BCUT2D eigenvalue weighted by Crippen LogP contribution is -2.37. The summed E-state index contributed by atoms with van der Waals surface area (Å²) in [5, 5.41) is 3.36. The molecule has 0 aromatic heterocycles. The van der Waals surface area contributed by atoms with Gasteiger partial charge in [0.1, 0.15) is 5.78 Å². The molecule has 1 N–H and O–H groups in total. The standard InChI is InChI=1S/C16H33NO/c1-5-6-7-8-9-10-11-12-15(18)13-14-17-16(2,3)4/h17H,5-14H2,1-4H3. The molecule has 0 rings (SSSR count). The average Bonchev–Trinajstić information content (AvgIpc) is 2.26. The molecule has 0 radical (unpaired) electrons. The first-order valence-electron chi connectivity index (χ1n) is 7.72. The van der Waals surface area contributed by atoms with Gasteiger partial charge in [-0.2, -0.15) is 0 Å². The quantitative estimate of drug-likeness (QED) is 0.552. The van der Waals surface area contributed by atoms with E-state index in [1.54, 1.807) is 0 Å². The zero-order valence-corrected chi connectivity index (χ0v) is 13.0. The van der Waals surface area contributed by atoms with E-state index in [1.165, 1.54) is 38.5 Å². The number of unbranched alkanes of at least 4 members (excludes halogenated alkanes) is 6. The van der Waals surface area contributed by atoms with Crippen molar-refractivity contribution in [1.82, 2.24) is 5.32 Å². The highest BCUT2D eigenvalue weighted by Gasteiger charge is 2.09. The predicted octanol–water partition coefficient (Wildman–Crippen LogP) is 4.47. The molecule has 0 amide bonds. The molecule has 0 aliphatic carbocycles. The van der Waals surface area contributed by atoms with E-state index in [1.807, 2.05) is 0 Å². The predicted molar refractivity (Wildman–Crippen MR) is 80.0 cm³/mol. The zero-order chi connectivity index (χ0) is 13.9. The van der Waals surface area contributed by atoms with Gasteiger partial charge in [0.2, 0.25) is 0 Å². The lowest BCUT2D eigenvalue weighted by molar-refractivity contribution is -0.119. The van der Waals surface area contributed by atoms with Gasteiger partial charge < -0.3 is 5.32 Å². The third-order valence-electron chi connectivity index (χ3n) is 3.12. The van der Waals surface area contributed by atoms with Crippen LogP contribution in [0.3, 0.4) is 0 Å². The first-order valence-corrected chi connectivity index (χ1v) is 7.72. The molecular weight excluding hydrogens is 222 g/mol. The SMILES string of the molecule is CCCCCCCCCC(=O)CCNC(C)(C)C. The number of hydrogen-bond acceptors (Lipinski definition) is 2. The van der Waals surface area contributed by atoms with Crippen LogP contribution >= 0.6 is 0 Å². The summed E-state index contributed by atoms with van der Waals surface area (Å²) in [5.41, 5.74) is 0.125. The topological polar surface area (TPSA) is 29.1 Å². The van der Waals surface area contributed by atoms with Gasteiger partial charge in [0.05, 0.1) is 0 Å². The second kappa shape index (κ2) is 10.5. The molecule has 0 fully saturated rings. The van der Waals surface area contributed by atoms with Crippen molar-refractivity contribution in [3.8, 4) is 0 Å². The lowest BCUT2D eigenvalue weighted by atomic mass is 10.1. The third-order valence-corrected chi connectivity index (χ3v) is 3.12. The van der Waals surface area contributed by atoms with Crippen molar-refractivity contribution in [3.63, 3.8) is 0 Å². The molecule has 2 heteroatoms. The van der Waals surface area contributed by atoms with Crippen LogP contribution in [0.2, 0.25) is 0 Å². The molecule has 0 aliphatic rings. The number of nitrogens with one attached hydrogen (secondary N) is 1. The molecule has 0 saturated carbocycles. The lowest BCUT2D eigenvalue weighted by Gasteiger charge is -2.20. The molecule has 0 aromatic carbocycles. The summed E-state index contributed by atoms with van der Waals surface area (Å²) >= 11 is 0. The Morgan fingerprint density at radius 2 is 1.44 bits per heavy atom. The van der Waals surface area contributed by atoms with Gasteiger partial charge in [0.25, 0.3) is 0 Å². The number of rotatable bonds is 11. The zero-order valence-electron chi connectivity index (χ0n) is 13.0. The van der Waals surface area contributed by atoms with E-state index in [4.69, 9.17) is 0 Å². The van der Waals surface area contributed by atoms with Gasteiger partial charge in [-0.1, -0.05) is 45.4 Å². The largest absolute Gasteiger partial charge is 0.312 e. The summed E-state index contributed by atoms with van der Waals surface area (Å²) < 4.78 is 0. The van der Waals surface area contributed by atoms with Crippen molar-refractivity contribution in [2.75, 3.05) is 6.54 Å². The summed E-state index contributed by atoms with van der Waals surface area (Å²) in [6.07, 6.45) is 10.4. The Kier molecular flexibility index (Phi) is 10.3. The highest BCUT2D eigenvalue weighted by molar-refractivity contribution is 5.78. The molecule has 0 heterocycles. The first kappa shape index (κ1) is 17.6. The normalized spacial score (nSPS) is 11.8. The van der Waals surface area contributed by atoms with Crippen molar-refractivity contribution in [1.29, 1.82) is 0 Å². The number of Topliss-reactive ketones (excluding diaryl/α,β-unsaturated/α-hetero) is 1. The molecular formula is C16H33NO. The number of carbonyl (C=O) groups excluding carboxylic acids is 1. The molecule has 18 heavy (non-hydrogen) atoms. The molecule has 0 spiro atoms. The highest BCUT2D eigenvalue weighted by atomic mass is 16.1. The Balaban J connectivity index is 3.27. The maximum Gasteiger partial charge on any atom is 0.134 e. The van der Waals surface area contributed by atoms with Crippen molar-refractivity contribution in [3.05, 3.63) is 0 Å². The second-order valence-electron chi connectivity index (χ2n) is 6.34. The molecule has 0 unspecified atom stereocenters. The Morgan fingerprint density at radius 3 is 2.00 bits per heavy atom. The Hall–Kier alpha value is -0.370. The summed E-state index contributed by atoms with van der Waals surface area (Å²) in [4.78, 5) is 11.6. The molecule has 0 bridgehead atoms. The minimum Gasteiger partial charge on any atom is -0.312 e. The molecule has 0 atom stereocenters. The van der Waals surface area contributed by atoms with Crippen LogP contribution < -0.4 is 5.32 Å². The van der Waals surface area contributed by atoms with Crippen molar-refractivity contribution >= 4 is 5.78 Å². The number of hydrogen-bond donors (Lipinski definition) is 1. The van der Waals surface area contributed by atoms with Crippen LogP contribution in [0.25, 0.3) is 0 Å². The van der Waals surface area contributed by atoms with E-state index in [-0.39, 0.29) is 5.54 Å². The minimum atomic E-state index is 0.125. The van der Waals surface area contributed by atoms with Gasteiger partial charge in [-0.15, -0.1) is 0 Å². The highest BCUT2D eigenvalue weighted by Crippen LogP contribution is 2.09. The maximum absolute atomic E-state index is 11.6. The van der Waals surface area contributed by atoms with Crippen LogP contribution in [-0.2, 0) is 4.79 Å². The van der Waals surface area contributed by atoms with Gasteiger partial charge in [-0.05, 0) is 27.2 Å². The van der Waals surface area contributed by atoms with E-state index in [0.29, 0.717) is 12.2 Å². The van der Waals surface area contributed by atoms with Crippen molar-refractivity contribution in [2.24, 2.45) is 0 Å². The molecule has 0 saturated heterocycles. The van der Waals surface area contributed by atoms with Gasteiger partial charge in [0.15, 0.2) is 0 Å². The smallest absolute Gasteiger partial charge is 0.134 e. The van der Waals surface area contributed by atoms with Crippen LogP contribution in [-0.4, -0.2) is 17.9 Å². The van der Waals surface area contributed by atoms with Gasteiger partial charge >= 0.3 is 0 Å². The Bertz CT molecular complexity index is 206. The average molecular weight is 255 g/mol.